The Morgan fingerprint density at radius 1 is 1.05 bits per heavy atom. The number of aromatic nitrogens is 2. The molecule has 7 rings (SSSR count). The maximum absolute atomic E-state index is 12.8. The number of benzene rings is 1. The number of nitrogens with one attached hydrogen (secondary N) is 2. The number of amides is 1. The van der Waals surface area contributed by atoms with Gasteiger partial charge < -0.3 is 10.6 Å². The lowest BCUT2D eigenvalue weighted by Crippen LogP contribution is -2.49. The normalized spacial score (nSPS) is 28.3. The molecule has 1 aromatic carbocycles. The number of carbonyl (C=O) groups is 1. The van der Waals surface area contributed by atoms with Gasteiger partial charge >= 0.3 is 0 Å². The highest BCUT2D eigenvalue weighted by atomic mass is 16.2. The number of rotatable bonds is 7. The Kier molecular flexibility index (Phi) is 6.84. The van der Waals surface area contributed by atoms with Gasteiger partial charge in [-0.2, -0.15) is 20.6 Å². The van der Waals surface area contributed by atoms with Crippen LogP contribution in [0.25, 0.3) is 16.8 Å². The number of fused-ring (bicyclic) bond motifs is 3. The van der Waals surface area contributed by atoms with Gasteiger partial charge in [0, 0.05) is 52.9 Å². The number of nitrogens with zero attached hydrogens (tertiary/aromatic N) is 5. The van der Waals surface area contributed by atoms with E-state index in [2.05, 4.69) is 60.8 Å². The molecule has 3 aliphatic carbocycles. The second kappa shape index (κ2) is 10.7. The van der Waals surface area contributed by atoms with Crippen LogP contribution in [0, 0.1) is 40.9 Å². The molecule has 3 saturated carbocycles. The van der Waals surface area contributed by atoms with Crippen LogP contribution >= 0.6 is 0 Å². The molecule has 3 aromatic rings. The van der Waals surface area contributed by atoms with Crippen molar-refractivity contribution in [1.82, 2.24) is 14.9 Å². The minimum absolute atomic E-state index is 0.233. The summed E-state index contributed by atoms with van der Waals surface area (Å²) in [6.07, 6.45) is 9.09. The predicted molar refractivity (Wildman–Crippen MR) is 165 cm³/mol. The maximum atomic E-state index is 12.8. The van der Waals surface area contributed by atoms with Crippen molar-refractivity contribution >= 4 is 28.5 Å². The zero-order valence-electron chi connectivity index (χ0n) is 24.7. The molecule has 216 valence electrons. The van der Waals surface area contributed by atoms with Gasteiger partial charge in [0.2, 0.25) is 5.91 Å². The number of hydrogen-bond acceptors (Lipinski definition) is 6. The van der Waals surface area contributed by atoms with Crippen LogP contribution < -0.4 is 10.6 Å². The minimum Gasteiger partial charge on any atom is -0.382 e. The molecule has 0 spiro atoms. The van der Waals surface area contributed by atoms with Crippen molar-refractivity contribution in [2.45, 2.75) is 77.8 Å². The fourth-order valence-electron chi connectivity index (χ4n) is 7.84. The van der Waals surface area contributed by atoms with Crippen LogP contribution in [-0.4, -0.2) is 39.0 Å². The quantitative estimate of drug-likeness (QED) is 0.358. The molecule has 4 atom stereocenters. The summed E-state index contributed by atoms with van der Waals surface area (Å²) in [5.74, 6) is 2.76. The Morgan fingerprint density at radius 3 is 2.55 bits per heavy atom. The van der Waals surface area contributed by atoms with Gasteiger partial charge in [0.25, 0.3) is 0 Å². The first-order valence-corrected chi connectivity index (χ1v) is 15.6. The molecule has 2 bridgehead atoms. The van der Waals surface area contributed by atoms with Crippen LogP contribution in [0.1, 0.15) is 76.8 Å². The van der Waals surface area contributed by atoms with Crippen LogP contribution in [0.15, 0.2) is 52.8 Å². The second-order valence-corrected chi connectivity index (χ2v) is 13.4. The summed E-state index contributed by atoms with van der Waals surface area (Å²) in [4.78, 5) is 12.8. The Hall–Kier alpha value is -3.99. The first kappa shape index (κ1) is 26.9. The Labute approximate surface area is 247 Å². The Balaban J connectivity index is 1.06. The van der Waals surface area contributed by atoms with E-state index in [0.29, 0.717) is 41.2 Å². The second-order valence-electron chi connectivity index (χ2n) is 13.4. The molecule has 8 heteroatoms. The zero-order chi connectivity index (χ0) is 29.0. The molecule has 1 amide bonds. The van der Waals surface area contributed by atoms with E-state index in [1.54, 1.807) is 6.20 Å². The summed E-state index contributed by atoms with van der Waals surface area (Å²) in [6.45, 7) is 6.53. The van der Waals surface area contributed by atoms with Crippen molar-refractivity contribution in [2.75, 3.05) is 5.32 Å². The summed E-state index contributed by atoms with van der Waals surface area (Å²) in [5, 5.41) is 30.3. The number of nitriles is 1. The molecule has 2 aromatic heterocycles. The lowest BCUT2D eigenvalue weighted by atomic mass is 9.73. The Bertz CT molecular complexity index is 1620. The van der Waals surface area contributed by atoms with Crippen molar-refractivity contribution in [2.24, 2.45) is 39.8 Å². The highest BCUT2D eigenvalue weighted by molar-refractivity contribution is 6.18. The fourth-order valence-corrected chi connectivity index (χ4v) is 7.84. The van der Waals surface area contributed by atoms with E-state index in [1.165, 1.54) is 18.6 Å². The van der Waals surface area contributed by atoms with E-state index in [4.69, 9.17) is 10.2 Å². The first-order valence-electron chi connectivity index (χ1n) is 15.6. The monoisotopic (exact) mass is 561 g/mol. The van der Waals surface area contributed by atoms with Gasteiger partial charge in [-0.25, -0.2) is 4.52 Å². The van der Waals surface area contributed by atoms with E-state index in [0.717, 1.165) is 65.8 Å². The molecule has 8 nitrogen and oxygen atoms in total. The molecule has 0 saturated heterocycles. The fraction of sp³-hybridized carbons (Fsp3) is 0.500. The third kappa shape index (κ3) is 4.89. The first-order chi connectivity index (χ1) is 20.4. The van der Waals surface area contributed by atoms with Crippen LogP contribution in [0.5, 0.6) is 0 Å². The van der Waals surface area contributed by atoms with E-state index >= 15 is 0 Å². The number of carbonyl (C=O) groups excluding carboxylic acids is 1. The largest absolute Gasteiger partial charge is 0.382 e. The molecular formula is C34H39N7O. The summed E-state index contributed by atoms with van der Waals surface area (Å²) >= 11 is 0. The molecule has 1 aliphatic heterocycles. The third-order valence-corrected chi connectivity index (χ3v) is 9.97. The molecule has 4 aliphatic rings. The smallest absolute Gasteiger partial charge is 0.223 e. The number of hydrogen-bond donors (Lipinski definition) is 2. The van der Waals surface area contributed by atoms with Crippen molar-refractivity contribution in [1.29, 1.82) is 5.26 Å². The van der Waals surface area contributed by atoms with Gasteiger partial charge in [-0.05, 0) is 94.4 Å². The Morgan fingerprint density at radius 2 is 1.83 bits per heavy atom. The summed E-state index contributed by atoms with van der Waals surface area (Å²) in [7, 11) is 0. The van der Waals surface area contributed by atoms with Gasteiger partial charge in [-0.3, -0.25) is 4.79 Å². The van der Waals surface area contributed by atoms with E-state index in [1.807, 2.05) is 22.7 Å². The molecular weight excluding hydrogens is 522 g/mol. The van der Waals surface area contributed by atoms with E-state index < -0.39 is 0 Å². The van der Waals surface area contributed by atoms with E-state index in [-0.39, 0.29) is 12.0 Å². The van der Waals surface area contributed by atoms with Gasteiger partial charge in [0.1, 0.15) is 6.07 Å². The topological polar surface area (TPSA) is 107 Å². The lowest BCUT2D eigenvalue weighted by Gasteiger charge is -2.38. The average molecular weight is 562 g/mol. The summed E-state index contributed by atoms with van der Waals surface area (Å²) < 4.78 is 1.88. The van der Waals surface area contributed by atoms with Crippen LogP contribution in [0.3, 0.4) is 0 Å². The molecule has 2 N–H and O–H groups in total. The molecule has 0 radical (unpaired) electrons. The van der Waals surface area contributed by atoms with Gasteiger partial charge in [-0.1, -0.05) is 19.1 Å². The SMILES string of the molecule is CC1CC(C(=O)NC2[C@@H]3CC[C@H]2CC(C2=NN=C(c4ccc(-c5ccc6cc(C#N)cnn56)cc4NC(C)C)C2)C3)C1. The summed E-state index contributed by atoms with van der Waals surface area (Å²) in [6, 6.07) is 15.1. The van der Waals surface area contributed by atoms with Crippen LogP contribution in [-0.2, 0) is 4.79 Å². The van der Waals surface area contributed by atoms with Gasteiger partial charge in [0.15, 0.2) is 0 Å². The minimum atomic E-state index is 0.233. The average Bonchev–Trinajstić information content (AvgIpc) is 3.66. The summed E-state index contributed by atoms with van der Waals surface area (Å²) in [5.41, 5.74) is 7.81. The standard InChI is InChI=1S/C34H39N7O/c1-19(2)37-30-15-22(32-9-7-27-12-21(17-35)18-36-41(27)32)6-8-28(30)31-16-29(39-40-31)25-13-23-4-5-24(14-25)33(23)38-34(42)26-10-20(3)11-26/h6-9,12,15,18-20,23-26,33,37H,4-5,10-11,13-14,16H2,1-3H3,(H,38,42)/t20?,23-,24+,25?,26?,33?. The van der Waals surface area contributed by atoms with Crippen molar-refractivity contribution in [3.8, 4) is 17.3 Å². The zero-order valence-corrected chi connectivity index (χ0v) is 24.7. The lowest BCUT2D eigenvalue weighted by molar-refractivity contribution is -0.130. The van der Waals surface area contributed by atoms with Crippen molar-refractivity contribution < 1.29 is 4.79 Å². The predicted octanol–water partition coefficient (Wildman–Crippen LogP) is 6.21. The highest BCUT2D eigenvalue weighted by Crippen LogP contribution is 2.47. The van der Waals surface area contributed by atoms with Crippen molar-refractivity contribution in [3.63, 3.8) is 0 Å². The third-order valence-electron chi connectivity index (χ3n) is 9.97. The van der Waals surface area contributed by atoms with Gasteiger partial charge in [0.05, 0.1) is 28.7 Å². The number of anilines is 1. The molecule has 2 unspecified atom stereocenters. The van der Waals surface area contributed by atoms with E-state index in [9.17, 15) is 10.1 Å². The molecule has 3 heterocycles. The molecule has 42 heavy (non-hydrogen) atoms. The maximum Gasteiger partial charge on any atom is 0.223 e. The van der Waals surface area contributed by atoms with Crippen LogP contribution in [0.4, 0.5) is 5.69 Å². The van der Waals surface area contributed by atoms with Crippen LogP contribution in [0.2, 0.25) is 0 Å². The van der Waals surface area contributed by atoms with Gasteiger partial charge in [-0.15, -0.1) is 0 Å². The molecule has 3 fully saturated rings. The highest BCUT2D eigenvalue weighted by Gasteiger charge is 2.46. The van der Waals surface area contributed by atoms with Crippen molar-refractivity contribution in [3.05, 3.63) is 53.7 Å².